The number of aromatic nitrogens is 1. The number of nitrogens with zero attached hydrogens (tertiary/aromatic N) is 1. The third kappa shape index (κ3) is 3.35. The Bertz CT molecular complexity index is 378. The van der Waals surface area contributed by atoms with Crippen molar-refractivity contribution in [2.24, 2.45) is 0 Å². The van der Waals surface area contributed by atoms with Crippen LogP contribution in [0.2, 0.25) is 10.2 Å². The van der Waals surface area contributed by atoms with Crippen LogP contribution in [0.25, 0.3) is 0 Å². The lowest BCUT2D eigenvalue weighted by Gasteiger charge is -2.15. The van der Waals surface area contributed by atoms with E-state index in [0.29, 0.717) is 10.6 Å². The topological polar surface area (TPSA) is 42.0 Å². The Hall–Kier alpha value is -0.800. The highest BCUT2D eigenvalue weighted by molar-refractivity contribution is 6.35. The lowest BCUT2D eigenvalue weighted by atomic mass is 10.1. The predicted molar refractivity (Wildman–Crippen MR) is 66.1 cm³/mol. The molecule has 0 saturated carbocycles. The Morgan fingerprint density at radius 2 is 2.06 bits per heavy atom. The first-order chi connectivity index (χ1) is 7.58. The highest BCUT2D eigenvalue weighted by Gasteiger charge is 2.14. The number of rotatable bonds is 4. The smallest absolute Gasteiger partial charge is 0.253 e. The van der Waals surface area contributed by atoms with Crippen LogP contribution >= 0.6 is 23.2 Å². The number of nitrogens with one attached hydrogen (secondary N) is 1. The van der Waals surface area contributed by atoms with Crippen LogP contribution in [-0.2, 0) is 0 Å². The van der Waals surface area contributed by atoms with E-state index >= 15 is 0 Å². The Morgan fingerprint density at radius 3 is 2.62 bits per heavy atom. The third-order valence-electron chi connectivity index (χ3n) is 2.39. The Labute approximate surface area is 105 Å². The van der Waals surface area contributed by atoms with Crippen LogP contribution < -0.4 is 5.32 Å². The van der Waals surface area contributed by atoms with Crippen molar-refractivity contribution in [3.63, 3.8) is 0 Å². The van der Waals surface area contributed by atoms with Gasteiger partial charge in [0.15, 0.2) is 0 Å². The van der Waals surface area contributed by atoms with E-state index in [4.69, 9.17) is 23.2 Å². The Kier molecular flexibility index (Phi) is 5.03. The summed E-state index contributed by atoms with van der Waals surface area (Å²) in [6, 6.07) is 1.64. The van der Waals surface area contributed by atoms with E-state index in [2.05, 4.69) is 10.3 Å². The zero-order chi connectivity index (χ0) is 12.1. The molecule has 0 saturated heterocycles. The van der Waals surface area contributed by atoms with Crippen molar-refractivity contribution in [2.75, 3.05) is 0 Å². The van der Waals surface area contributed by atoms with Gasteiger partial charge < -0.3 is 5.32 Å². The minimum atomic E-state index is -0.206. The van der Waals surface area contributed by atoms with Gasteiger partial charge in [-0.25, -0.2) is 4.98 Å². The summed E-state index contributed by atoms with van der Waals surface area (Å²) in [7, 11) is 0. The normalized spacial score (nSPS) is 10.6. The first-order valence-corrected chi connectivity index (χ1v) is 5.96. The van der Waals surface area contributed by atoms with Gasteiger partial charge in [-0.3, -0.25) is 4.79 Å². The Balaban J connectivity index is 2.83. The van der Waals surface area contributed by atoms with Gasteiger partial charge in [0.05, 0.1) is 10.6 Å². The molecule has 1 heterocycles. The van der Waals surface area contributed by atoms with Gasteiger partial charge in [0.25, 0.3) is 5.91 Å². The van der Waals surface area contributed by atoms with Gasteiger partial charge in [-0.1, -0.05) is 37.0 Å². The quantitative estimate of drug-likeness (QED) is 0.845. The molecule has 0 aliphatic heterocycles. The molecule has 1 rings (SSSR count). The number of halogens is 2. The van der Waals surface area contributed by atoms with Crippen LogP contribution in [-0.4, -0.2) is 16.9 Å². The molecule has 1 N–H and O–H groups in total. The van der Waals surface area contributed by atoms with Crippen molar-refractivity contribution >= 4 is 29.1 Å². The second-order valence-corrected chi connectivity index (χ2v) is 4.27. The monoisotopic (exact) mass is 260 g/mol. The van der Waals surface area contributed by atoms with Gasteiger partial charge >= 0.3 is 0 Å². The number of hydrogen-bond acceptors (Lipinski definition) is 2. The van der Waals surface area contributed by atoms with Gasteiger partial charge in [-0.15, -0.1) is 0 Å². The molecule has 0 fully saturated rings. The molecule has 0 aliphatic carbocycles. The van der Waals surface area contributed by atoms with Gasteiger partial charge in [0.2, 0.25) is 0 Å². The molecular weight excluding hydrogens is 247 g/mol. The number of pyridine rings is 1. The van der Waals surface area contributed by atoms with Crippen LogP contribution in [0, 0.1) is 0 Å². The van der Waals surface area contributed by atoms with Crippen LogP contribution in [0.5, 0.6) is 0 Å². The highest BCUT2D eigenvalue weighted by atomic mass is 35.5. The maximum Gasteiger partial charge on any atom is 0.253 e. The predicted octanol–water partition coefficient (Wildman–Crippen LogP) is 3.31. The average molecular weight is 261 g/mol. The molecule has 1 aromatic heterocycles. The molecule has 5 heteroatoms. The van der Waals surface area contributed by atoms with E-state index in [0.717, 1.165) is 12.8 Å². The molecule has 1 amide bonds. The summed E-state index contributed by atoms with van der Waals surface area (Å²) in [4.78, 5) is 15.7. The highest BCUT2D eigenvalue weighted by Crippen LogP contribution is 2.18. The maximum absolute atomic E-state index is 11.9. The SMILES string of the molecule is CCC(CC)NC(=O)c1cc(Cl)ncc1Cl. The van der Waals surface area contributed by atoms with Crippen molar-refractivity contribution in [1.82, 2.24) is 10.3 Å². The van der Waals surface area contributed by atoms with E-state index in [1.165, 1.54) is 12.3 Å². The van der Waals surface area contributed by atoms with E-state index in [9.17, 15) is 4.79 Å². The summed E-state index contributed by atoms with van der Waals surface area (Å²) in [6.07, 6.45) is 3.16. The molecule has 0 radical (unpaired) electrons. The molecule has 0 aromatic carbocycles. The average Bonchev–Trinajstić information content (AvgIpc) is 2.28. The standard InChI is InChI=1S/C11H14Cl2N2O/c1-3-7(4-2)15-11(16)8-5-10(13)14-6-9(8)12/h5-7H,3-4H2,1-2H3,(H,15,16). The summed E-state index contributed by atoms with van der Waals surface area (Å²) in [6.45, 7) is 4.05. The summed E-state index contributed by atoms with van der Waals surface area (Å²) in [5.74, 6) is -0.206. The summed E-state index contributed by atoms with van der Waals surface area (Å²) < 4.78 is 0. The van der Waals surface area contributed by atoms with Crippen LogP contribution in [0.1, 0.15) is 37.0 Å². The minimum absolute atomic E-state index is 0.163. The Morgan fingerprint density at radius 1 is 1.44 bits per heavy atom. The lowest BCUT2D eigenvalue weighted by molar-refractivity contribution is 0.0935. The van der Waals surface area contributed by atoms with Gasteiger partial charge in [0, 0.05) is 12.2 Å². The number of carbonyl (C=O) groups is 1. The fraction of sp³-hybridized carbons (Fsp3) is 0.455. The van der Waals surface area contributed by atoms with E-state index in [1.54, 1.807) is 0 Å². The molecule has 0 bridgehead atoms. The van der Waals surface area contributed by atoms with Crippen LogP contribution in [0.4, 0.5) is 0 Å². The molecule has 16 heavy (non-hydrogen) atoms. The van der Waals surface area contributed by atoms with Gasteiger partial charge in [-0.05, 0) is 18.9 Å². The molecule has 88 valence electrons. The molecule has 0 aliphatic rings. The van der Waals surface area contributed by atoms with Gasteiger partial charge in [0.1, 0.15) is 5.15 Å². The first kappa shape index (κ1) is 13.3. The van der Waals surface area contributed by atoms with Crippen molar-refractivity contribution < 1.29 is 4.79 Å². The fourth-order valence-corrected chi connectivity index (χ4v) is 1.69. The second kappa shape index (κ2) is 6.06. The zero-order valence-electron chi connectivity index (χ0n) is 9.26. The minimum Gasteiger partial charge on any atom is -0.349 e. The lowest BCUT2D eigenvalue weighted by Crippen LogP contribution is -2.34. The second-order valence-electron chi connectivity index (χ2n) is 3.47. The van der Waals surface area contributed by atoms with Crippen LogP contribution in [0.3, 0.4) is 0 Å². The van der Waals surface area contributed by atoms with Gasteiger partial charge in [-0.2, -0.15) is 0 Å². The molecular formula is C11H14Cl2N2O. The third-order valence-corrected chi connectivity index (χ3v) is 2.90. The molecule has 0 spiro atoms. The maximum atomic E-state index is 11.9. The fourth-order valence-electron chi connectivity index (χ4n) is 1.34. The van der Waals surface area contributed by atoms with E-state index in [1.807, 2.05) is 13.8 Å². The number of hydrogen-bond donors (Lipinski definition) is 1. The molecule has 0 unspecified atom stereocenters. The molecule has 1 aromatic rings. The van der Waals surface area contributed by atoms with Crippen molar-refractivity contribution in [2.45, 2.75) is 32.7 Å². The van der Waals surface area contributed by atoms with Crippen LogP contribution in [0.15, 0.2) is 12.3 Å². The largest absolute Gasteiger partial charge is 0.349 e. The van der Waals surface area contributed by atoms with Crippen molar-refractivity contribution in [3.05, 3.63) is 28.0 Å². The zero-order valence-corrected chi connectivity index (χ0v) is 10.8. The number of amides is 1. The summed E-state index contributed by atoms with van der Waals surface area (Å²) >= 11 is 11.6. The summed E-state index contributed by atoms with van der Waals surface area (Å²) in [5, 5.41) is 3.47. The van der Waals surface area contributed by atoms with E-state index in [-0.39, 0.29) is 17.1 Å². The number of carbonyl (C=O) groups excluding carboxylic acids is 1. The summed E-state index contributed by atoms with van der Waals surface area (Å²) in [5.41, 5.74) is 0.369. The van der Waals surface area contributed by atoms with Crippen molar-refractivity contribution in [1.29, 1.82) is 0 Å². The first-order valence-electron chi connectivity index (χ1n) is 5.20. The van der Waals surface area contributed by atoms with Crippen molar-refractivity contribution in [3.8, 4) is 0 Å². The van der Waals surface area contributed by atoms with E-state index < -0.39 is 0 Å². The molecule has 0 atom stereocenters. The molecule has 3 nitrogen and oxygen atoms in total.